The Bertz CT molecular complexity index is 318. The van der Waals surface area contributed by atoms with E-state index >= 15 is 0 Å². The average Bonchev–Trinajstić information content (AvgIpc) is 2.20. The van der Waals surface area contributed by atoms with E-state index in [1.54, 1.807) is 0 Å². The molecule has 15 heavy (non-hydrogen) atoms. The summed E-state index contributed by atoms with van der Waals surface area (Å²) in [6.07, 6.45) is 6.90. The van der Waals surface area contributed by atoms with Crippen molar-refractivity contribution < 1.29 is 5.11 Å². The molecule has 0 aliphatic rings. The van der Waals surface area contributed by atoms with E-state index in [1.165, 1.54) is 10.9 Å². The van der Waals surface area contributed by atoms with Gasteiger partial charge < -0.3 is 5.11 Å². The predicted molar refractivity (Wildman–Crippen MR) is 69.5 cm³/mol. The predicted octanol–water partition coefficient (Wildman–Crippen LogP) is 2.45. The molecule has 1 aromatic carbocycles. The molecular formula is C13H19OP. The van der Waals surface area contributed by atoms with Crippen LogP contribution in [0.1, 0.15) is 25.3 Å². The molecule has 1 nitrogen and oxygen atoms in total. The van der Waals surface area contributed by atoms with Gasteiger partial charge in [0.15, 0.2) is 0 Å². The molecule has 2 atom stereocenters. The molecule has 1 unspecified atom stereocenters. The average molecular weight is 222 g/mol. The Morgan fingerprint density at radius 3 is 2.73 bits per heavy atom. The monoisotopic (exact) mass is 222 g/mol. The fourth-order valence-corrected chi connectivity index (χ4v) is 1.71. The van der Waals surface area contributed by atoms with Gasteiger partial charge in [0.05, 0.1) is 6.10 Å². The number of rotatable bonds is 5. The zero-order valence-corrected chi connectivity index (χ0v) is 10.3. The van der Waals surface area contributed by atoms with Crippen molar-refractivity contribution in [3.63, 3.8) is 0 Å². The van der Waals surface area contributed by atoms with E-state index in [2.05, 4.69) is 39.6 Å². The Kier molecular flexibility index (Phi) is 5.60. The summed E-state index contributed by atoms with van der Waals surface area (Å²) in [6, 6.07) is 8.35. The van der Waals surface area contributed by atoms with Crippen molar-refractivity contribution in [1.82, 2.24) is 0 Å². The maximum Gasteiger partial charge on any atom is 0.0515 e. The third kappa shape index (κ3) is 5.11. The van der Waals surface area contributed by atoms with Crippen LogP contribution in [0.3, 0.4) is 0 Å². The molecule has 0 aliphatic heterocycles. The highest BCUT2D eigenvalue weighted by molar-refractivity contribution is 7.27. The van der Waals surface area contributed by atoms with E-state index in [4.69, 9.17) is 5.11 Å². The first kappa shape index (κ1) is 12.4. The van der Waals surface area contributed by atoms with Gasteiger partial charge in [0, 0.05) is 0 Å². The summed E-state index contributed by atoms with van der Waals surface area (Å²) in [7, 11) is 2.75. The molecule has 1 aromatic rings. The van der Waals surface area contributed by atoms with Crippen LogP contribution in [-0.2, 0) is 6.42 Å². The van der Waals surface area contributed by atoms with E-state index < -0.39 is 0 Å². The lowest BCUT2D eigenvalue weighted by Gasteiger charge is -2.01. The van der Waals surface area contributed by atoms with Gasteiger partial charge >= 0.3 is 0 Å². The number of hydrogen-bond acceptors (Lipinski definition) is 1. The zero-order valence-electron chi connectivity index (χ0n) is 9.19. The van der Waals surface area contributed by atoms with Crippen LogP contribution >= 0.6 is 9.24 Å². The summed E-state index contributed by atoms with van der Waals surface area (Å²) < 4.78 is 0. The van der Waals surface area contributed by atoms with Gasteiger partial charge in [0.2, 0.25) is 0 Å². The smallest absolute Gasteiger partial charge is 0.0515 e. The Balaban J connectivity index is 2.34. The van der Waals surface area contributed by atoms with Crippen LogP contribution in [0.25, 0.3) is 0 Å². The Hall–Kier alpha value is -0.650. The zero-order chi connectivity index (χ0) is 11.1. The highest BCUT2D eigenvalue weighted by atomic mass is 31.0. The largest absolute Gasteiger partial charge is 0.393 e. The lowest BCUT2D eigenvalue weighted by atomic mass is 10.1. The minimum atomic E-state index is -0.191. The van der Waals surface area contributed by atoms with Gasteiger partial charge in [-0.2, -0.15) is 0 Å². The maximum absolute atomic E-state index is 9.08. The normalized spacial score (nSPS) is 13.3. The fraction of sp³-hybridized carbons (Fsp3) is 0.385. The molecule has 0 amide bonds. The van der Waals surface area contributed by atoms with Gasteiger partial charge in [0.25, 0.3) is 0 Å². The van der Waals surface area contributed by atoms with Crippen molar-refractivity contribution in [2.75, 3.05) is 0 Å². The minimum absolute atomic E-state index is 0.191. The van der Waals surface area contributed by atoms with Crippen molar-refractivity contribution in [2.45, 2.75) is 32.3 Å². The van der Waals surface area contributed by atoms with Gasteiger partial charge in [-0.05, 0) is 37.1 Å². The van der Waals surface area contributed by atoms with Crippen molar-refractivity contribution in [3.05, 3.63) is 42.0 Å². The van der Waals surface area contributed by atoms with Gasteiger partial charge in [-0.25, -0.2) is 0 Å². The van der Waals surface area contributed by atoms with Crippen LogP contribution in [0.15, 0.2) is 36.4 Å². The molecule has 0 saturated heterocycles. The highest BCUT2D eigenvalue weighted by Gasteiger charge is 1.94. The maximum atomic E-state index is 9.08. The lowest BCUT2D eigenvalue weighted by molar-refractivity contribution is 0.186. The van der Waals surface area contributed by atoms with E-state index in [1.807, 2.05) is 13.0 Å². The number of benzene rings is 1. The Morgan fingerprint density at radius 1 is 1.33 bits per heavy atom. The summed E-state index contributed by atoms with van der Waals surface area (Å²) in [4.78, 5) is 0. The van der Waals surface area contributed by atoms with Gasteiger partial charge in [-0.15, -0.1) is 9.24 Å². The van der Waals surface area contributed by atoms with E-state index in [9.17, 15) is 0 Å². The summed E-state index contributed by atoms with van der Waals surface area (Å²) in [5.41, 5.74) is 1.34. The molecule has 0 saturated carbocycles. The number of allylic oxidation sites excluding steroid dienone is 2. The van der Waals surface area contributed by atoms with E-state index in [-0.39, 0.29) is 6.10 Å². The van der Waals surface area contributed by atoms with E-state index in [0.717, 1.165) is 19.3 Å². The number of aliphatic hydroxyl groups is 1. The standard InChI is InChI=1S/C13H19OP/c1-11(14)7-3-2-4-8-12-9-5-6-10-13(12)15/h2,4-6,9-11,14H,3,7-8,15H2,1H3/b4-2-/t11-/m1/s1. The molecule has 1 N–H and O–H groups in total. The second kappa shape index (κ2) is 6.76. The summed E-state index contributed by atoms with van der Waals surface area (Å²) in [6.45, 7) is 1.83. The molecular weight excluding hydrogens is 203 g/mol. The van der Waals surface area contributed by atoms with Crippen LogP contribution < -0.4 is 5.30 Å². The van der Waals surface area contributed by atoms with E-state index in [0.29, 0.717) is 0 Å². The molecule has 0 aliphatic carbocycles. The molecule has 1 rings (SSSR count). The Labute approximate surface area is 94.4 Å². The second-order valence-corrected chi connectivity index (χ2v) is 4.42. The quantitative estimate of drug-likeness (QED) is 0.599. The summed E-state index contributed by atoms with van der Waals surface area (Å²) in [5, 5.41) is 10.3. The molecule has 2 heteroatoms. The number of hydrogen-bond donors (Lipinski definition) is 1. The summed E-state index contributed by atoms with van der Waals surface area (Å²) >= 11 is 0. The highest BCUT2D eigenvalue weighted by Crippen LogP contribution is 2.03. The Morgan fingerprint density at radius 2 is 2.07 bits per heavy atom. The number of aliphatic hydroxyl groups excluding tert-OH is 1. The first-order valence-corrected chi connectivity index (χ1v) is 5.94. The molecule has 0 fully saturated rings. The van der Waals surface area contributed by atoms with Gasteiger partial charge in [-0.3, -0.25) is 0 Å². The van der Waals surface area contributed by atoms with Crippen molar-refractivity contribution in [1.29, 1.82) is 0 Å². The molecule has 0 bridgehead atoms. The molecule has 0 aromatic heterocycles. The first-order chi connectivity index (χ1) is 7.20. The first-order valence-electron chi connectivity index (χ1n) is 5.36. The van der Waals surface area contributed by atoms with Crippen LogP contribution in [0, 0.1) is 0 Å². The molecule has 0 spiro atoms. The summed E-state index contributed by atoms with van der Waals surface area (Å²) in [5.74, 6) is 0. The SMILES string of the molecule is C[C@@H](O)CC/C=C\Cc1ccccc1P. The molecule has 0 heterocycles. The van der Waals surface area contributed by atoms with Crippen LogP contribution in [-0.4, -0.2) is 11.2 Å². The topological polar surface area (TPSA) is 20.2 Å². The fourth-order valence-electron chi connectivity index (χ4n) is 1.39. The molecule has 82 valence electrons. The second-order valence-electron chi connectivity index (χ2n) is 3.80. The van der Waals surface area contributed by atoms with Crippen molar-refractivity contribution in [3.8, 4) is 0 Å². The molecule has 0 radical (unpaired) electrons. The van der Waals surface area contributed by atoms with Crippen molar-refractivity contribution in [2.24, 2.45) is 0 Å². The third-order valence-corrected chi connectivity index (χ3v) is 2.87. The minimum Gasteiger partial charge on any atom is -0.393 e. The van der Waals surface area contributed by atoms with Gasteiger partial charge in [0.1, 0.15) is 0 Å². The van der Waals surface area contributed by atoms with Gasteiger partial charge in [-0.1, -0.05) is 36.4 Å². The van der Waals surface area contributed by atoms with Crippen LogP contribution in [0.5, 0.6) is 0 Å². The lowest BCUT2D eigenvalue weighted by Crippen LogP contribution is -1.99. The van der Waals surface area contributed by atoms with Crippen molar-refractivity contribution >= 4 is 14.5 Å². The van der Waals surface area contributed by atoms with Crippen LogP contribution in [0.4, 0.5) is 0 Å². The third-order valence-electron chi connectivity index (χ3n) is 2.31. The van der Waals surface area contributed by atoms with Crippen LogP contribution in [0.2, 0.25) is 0 Å².